The molecule has 6 heteroatoms. The third kappa shape index (κ3) is 4.44. The molecule has 0 radical (unpaired) electrons. The van der Waals surface area contributed by atoms with E-state index in [0.29, 0.717) is 4.90 Å². The Balaban J connectivity index is 2.03. The molecule has 1 aliphatic heterocycles. The van der Waals surface area contributed by atoms with Crippen LogP contribution in [0, 0.1) is 0 Å². The van der Waals surface area contributed by atoms with Crippen LogP contribution in [0.15, 0.2) is 29.2 Å². The van der Waals surface area contributed by atoms with Crippen LogP contribution in [-0.2, 0) is 14.6 Å². The van der Waals surface area contributed by atoms with Crippen LogP contribution >= 0.6 is 0 Å². The van der Waals surface area contributed by atoms with Crippen molar-refractivity contribution >= 4 is 15.5 Å². The molecule has 0 unspecified atom stereocenters. The van der Waals surface area contributed by atoms with Crippen molar-refractivity contribution in [3.63, 3.8) is 0 Å². The van der Waals surface area contributed by atoms with Gasteiger partial charge in [-0.05, 0) is 26.0 Å². The number of anilines is 1. The van der Waals surface area contributed by atoms with E-state index in [1.807, 2.05) is 24.1 Å². The smallest absolute Gasteiger partial charge is 0.177 e. The molecule has 0 spiro atoms. The lowest BCUT2D eigenvalue weighted by molar-refractivity contribution is -0.0670. The van der Waals surface area contributed by atoms with Crippen molar-refractivity contribution in [3.05, 3.63) is 24.3 Å². The first-order valence-corrected chi connectivity index (χ1v) is 9.54. The number of hydrogen-bond acceptors (Lipinski definition) is 5. The van der Waals surface area contributed by atoms with Gasteiger partial charge in [-0.25, -0.2) is 8.42 Å². The molecular weight excluding hydrogens is 300 g/mol. The zero-order valence-electron chi connectivity index (χ0n) is 13.8. The van der Waals surface area contributed by atoms with Crippen molar-refractivity contribution in [1.82, 2.24) is 4.90 Å². The summed E-state index contributed by atoms with van der Waals surface area (Å²) < 4.78 is 29.5. The van der Waals surface area contributed by atoms with Crippen molar-refractivity contribution in [2.45, 2.75) is 31.0 Å². The van der Waals surface area contributed by atoms with Gasteiger partial charge in [0.1, 0.15) is 0 Å². The van der Waals surface area contributed by atoms with Crippen LogP contribution in [0.25, 0.3) is 0 Å². The lowest BCUT2D eigenvalue weighted by Gasteiger charge is -2.36. The fraction of sp³-hybridized carbons (Fsp3) is 0.625. The highest BCUT2D eigenvalue weighted by Gasteiger charge is 2.22. The zero-order valence-corrected chi connectivity index (χ0v) is 14.6. The monoisotopic (exact) mass is 326 g/mol. The maximum Gasteiger partial charge on any atom is 0.177 e. The third-order valence-electron chi connectivity index (χ3n) is 3.92. The standard InChI is InChI=1S/C16H26N2O3S/c1-13-11-18(12-14(2)21-13)10-9-17(3)15-7-5-6-8-16(15)22(4,19)20/h5-8,13-14H,9-12H2,1-4H3/t13-,14+. The summed E-state index contributed by atoms with van der Waals surface area (Å²) in [6, 6.07) is 7.17. The molecule has 124 valence electrons. The highest BCUT2D eigenvalue weighted by molar-refractivity contribution is 7.90. The Morgan fingerprint density at radius 1 is 1.23 bits per heavy atom. The van der Waals surface area contributed by atoms with Gasteiger partial charge in [-0.15, -0.1) is 0 Å². The highest BCUT2D eigenvalue weighted by Crippen LogP contribution is 2.23. The first-order valence-electron chi connectivity index (χ1n) is 7.65. The van der Waals surface area contributed by atoms with Gasteiger partial charge >= 0.3 is 0 Å². The van der Waals surface area contributed by atoms with Gasteiger partial charge in [-0.3, -0.25) is 4.90 Å². The maximum absolute atomic E-state index is 11.9. The molecular formula is C16H26N2O3S. The van der Waals surface area contributed by atoms with Gasteiger partial charge in [-0.2, -0.15) is 0 Å². The summed E-state index contributed by atoms with van der Waals surface area (Å²) in [5.41, 5.74) is 0.763. The van der Waals surface area contributed by atoms with Crippen molar-refractivity contribution in [2.24, 2.45) is 0 Å². The van der Waals surface area contributed by atoms with Crippen molar-refractivity contribution in [2.75, 3.05) is 44.4 Å². The second-order valence-corrected chi connectivity index (χ2v) is 8.16. The van der Waals surface area contributed by atoms with E-state index in [9.17, 15) is 8.42 Å². The van der Waals surface area contributed by atoms with E-state index in [-0.39, 0.29) is 12.2 Å². The molecule has 0 bridgehead atoms. The van der Waals surface area contributed by atoms with Gasteiger partial charge in [-0.1, -0.05) is 12.1 Å². The normalized spacial score (nSPS) is 23.5. The van der Waals surface area contributed by atoms with Crippen LogP contribution in [-0.4, -0.2) is 65.0 Å². The Morgan fingerprint density at radius 3 is 2.41 bits per heavy atom. The van der Waals surface area contributed by atoms with Gasteiger partial charge in [0.05, 0.1) is 22.8 Å². The Labute approximate surface area is 133 Å². The number of nitrogens with zero attached hydrogens (tertiary/aromatic N) is 2. The highest BCUT2D eigenvalue weighted by atomic mass is 32.2. The number of para-hydroxylation sites is 1. The minimum absolute atomic E-state index is 0.248. The topological polar surface area (TPSA) is 49.9 Å². The second-order valence-electron chi connectivity index (χ2n) is 6.18. The Kier molecular flexibility index (Phi) is 5.47. The molecule has 1 aliphatic rings. The number of morpholine rings is 1. The van der Waals surface area contributed by atoms with E-state index in [4.69, 9.17) is 4.74 Å². The Morgan fingerprint density at radius 2 is 1.82 bits per heavy atom. The van der Waals surface area contributed by atoms with E-state index < -0.39 is 9.84 Å². The molecule has 0 saturated carbocycles. The maximum atomic E-state index is 11.9. The van der Waals surface area contributed by atoms with Crippen LogP contribution in [0.3, 0.4) is 0 Å². The minimum Gasteiger partial charge on any atom is -0.373 e. The number of rotatable bonds is 5. The quantitative estimate of drug-likeness (QED) is 0.823. The average molecular weight is 326 g/mol. The third-order valence-corrected chi connectivity index (χ3v) is 5.07. The summed E-state index contributed by atoms with van der Waals surface area (Å²) in [4.78, 5) is 4.78. The molecule has 1 heterocycles. The molecule has 2 atom stereocenters. The number of likely N-dealkylation sites (N-methyl/N-ethyl adjacent to an activating group) is 1. The van der Waals surface area contributed by atoms with Crippen molar-refractivity contribution < 1.29 is 13.2 Å². The lowest BCUT2D eigenvalue weighted by atomic mass is 10.2. The summed E-state index contributed by atoms with van der Waals surface area (Å²) in [6.07, 6.45) is 1.75. The Bertz CT molecular complexity index is 593. The summed E-state index contributed by atoms with van der Waals surface area (Å²) in [7, 11) is -1.27. The SMILES string of the molecule is C[C@@H]1CN(CCN(C)c2ccccc2S(C)(=O)=O)C[C@H](C)O1. The molecule has 0 aliphatic carbocycles. The molecule has 2 rings (SSSR count). The van der Waals surface area contributed by atoms with Crippen molar-refractivity contribution in [3.8, 4) is 0 Å². The molecule has 1 fully saturated rings. The number of ether oxygens (including phenoxy) is 1. The Hall–Kier alpha value is -1.11. The predicted molar refractivity (Wildman–Crippen MR) is 89.3 cm³/mol. The van der Waals surface area contributed by atoms with E-state index in [1.165, 1.54) is 6.26 Å². The van der Waals surface area contributed by atoms with Crippen LogP contribution in [0.2, 0.25) is 0 Å². The fourth-order valence-electron chi connectivity index (χ4n) is 2.96. The molecule has 22 heavy (non-hydrogen) atoms. The molecule has 5 nitrogen and oxygen atoms in total. The second kappa shape index (κ2) is 6.98. The van der Waals surface area contributed by atoms with E-state index >= 15 is 0 Å². The van der Waals surface area contributed by atoms with Crippen LogP contribution in [0.4, 0.5) is 5.69 Å². The van der Waals surface area contributed by atoms with E-state index in [0.717, 1.165) is 31.9 Å². The molecule has 0 amide bonds. The van der Waals surface area contributed by atoms with Crippen molar-refractivity contribution in [1.29, 1.82) is 0 Å². The van der Waals surface area contributed by atoms with Crippen LogP contribution in [0.5, 0.6) is 0 Å². The number of benzene rings is 1. The van der Waals surface area contributed by atoms with Gasteiger partial charge in [0.15, 0.2) is 9.84 Å². The average Bonchev–Trinajstić information content (AvgIpc) is 2.43. The molecule has 1 saturated heterocycles. The van der Waals surface area contributed by atoms with E-state index in [1.54, 1.807) is 12.1 Å². The molecule has 0 aromatic heterocycles. The first-order chi connectivity index (χ1) is 10.3. The summed E-state index contributed by atoms with van der Waals surface area (Å²) in [5, 5.41) is 0. The molecule has 1 aromatic carbocycles. The fourth-order valence-corrected chi connectivity index (χ4v) is 3.89. The van der Waals surface area contributed by atoms with E-state index in [2.05, 4.69) is 18.7 Å². The summed E-state index contributed by atoms with van der Waals surface area (Å²) >= 11 is 0. The van der Waals surface area contributed by atoms with Crippen LogP contribution < -0.4 is 4.90 Å². The molecule has 1 aromatic rings. The minimum atomic E-state index is -3.21. The summed E-state index contributed by atoms with van der Waals surface area (Å²) in [5.74, 6) is 0. The van der Waals surface area contributed by atoms with Crippen LogP contribution in [0.1, 0.15) is 13.8 Å². The van der Waals surface area contributed by atoms with Gasteiger partial charge in [0, 0.05) is 39.5 Å². The van der Waals surface area contributed by atoms with Gasteiger partial charge < -0.3 is 9.64 Å². The lowest BCUT2D eigenvalue weighted by Crippen LogP contribution is -2.47. The number of hydrogen-bond donors (Lipinski definition) is 0. The zero-order chi connectivity index (χ0) is 16.3. The van der Waals surface area contributed by atoms with Gasteiger partial charge in [0.2, 0.25) is 0 Å². The largest absolute Gasteiger partial charge is 0.373 e. The molecule has 0 N–H and O–H groups in total. The number of sulfone groups is 1. The van der Waals surface area contributed by atoms with Gasteiger partial charge in [0.25, 0.3) is 0 Å². The predicted octanol–water partition coefficient (Wildman–Crippen LogP) is 1.64. The summed E-state index contributed by atoms with van der Waals surface area (Å²) in [6.45, 7) is 7.70. The first kappa shape index (κ1) is 17.2.